The largest absolute Gasteiger partial charge is 0.373 e. The normalized spacial score (nSPS) is 20.6. The Hall–Kier alpha value is 0.100. The van der Waals surface area contributed by atoms with Gasteiger partial charge in [0.05, 0.1) is 11.6 Å². The fraction of sp³-hybridized carbons (Fsp3) is 0.692. The lowest BCUT2D eigenvalue weighted by atomic mass is 9.90. The van der Waals surface area contributed by atoms with Crippen molar-refractivity contribution in [3.8, 4) is 0 Å². The molecular weight excluding hydrogens is 298 g/mol. The number of hydrogen-bond donors (Lipinski definition) is 1. The van der Waals surface area contributed by atoms with Crippen molar-refractivity contribution in [3.05, 3.63) is 20.8 Å². The van der Waals surface area contributed by atoms with Gasteiger partial charge in [-0.05, 0) is 54.2 Å². The summed E-state index contributed by atoms with van der Waals surface area (Å²) in [4.78, 5) is 1.36. The summed E-state index contributed by atoms with van der Waals surface area (Å²) in [6.07, 6.45) is 4.88. The number of nitrogens with one attached hydrogen (secondary N) is 1. The maximum atomic E-state index is 6.15. The molecule has 1 atom stereocenters. The van der Waals surface area contributed by atoms with E-state index in [-0.39, 0.29) is 5.60 Å². The van der Waals surface area contributed by atoms with Gasteiger partial charge in [0.25, 0.3) is 0 Å². The summed E-state index contributed by atoms with van der Waals surface area (Å²) in [5.74, 6) is 0. The van der Waals surface area contributed by atoms with E-state index in [1.807, 2.05) is 7.05 Å². The summed E-state index contributed by atoms with van der Waals surface area (Å²) < 4.78 is 7.35. The maximum Gasteiger partial charge on any atom is 0.0884 e. The van der Waals surface area contributed by atoms with Gasteiger partial charge in [-0.15, -0.1) is 11.3 Å². The van der Waals surface area contributed by atoms with Crippen molar-refractivity contribution in [1.29, 1.82) is 0 Å². The first-order valence-corrected chi connectivity index (χ1v) is 7.95. The molecule has 0 aromatic carbocycles. The van der Waals surface area contributed by atoms with Crippen LogP contribution in [0.5, 0.6) is 0 Å². The Balaban J connectivity index is 2.29. The van der Waals surface area contributed by atoms with Crippen LogP contribution in [-0.4, -0.2) is 19.3 Å². The Kier molecular flexibility index (Phi) is 4.64. The van der Waals surface area contributed by atoms with Crippen molar-refractivity contribution < 1.29 is 4.74 Å². The molecular formula is C13H20BrNOS. The fourth-order valence-corrected chi connectivity index (χ4v) is 4.74. The molecule has 0 aliphatic heterocycles. The van der Waals surface area contributed by atoms with Crippen LogP contribution in [0.25, 0.3) is 0 Å². The van der Waals surface area contributed by atoms with E-state index < -0.39 is 0 Å². The minimum atomic E-state index is -0.00310. The van der Waals surface area contributed by atoms with E-state index in [0.29, 0.717) is 6.04 Å². The minimum absolute atomic E-state index is 0.00310. The zero-order valence-electron chi connectivity index (χ0n) is 10.5. The van der Waals surface area contributed by atoms with Crippen LogP contribution in [-0.2, 0) is 4.74 Å². The predicted octanol–water partition coefficient (Wildman–Crippen LogP) is 4.12. The van der Waals surface area contributed by atoms with E-state index in [0.717, 1.165) is 19.4 Å². The summed E-state index contributed by atoms with van der Waals surface area (Å²) in [5.41, 5.74) is -0.00310. The molecule has 1 aromatic heterocycles. The number of hydrogen-bond acceptors (Lipinski definition) is 3. The van der Waals surface area contributed by atoms with Crippen molar-refractivity contribution in [2.24, 2.45) is 0 Å². The first-order chi connectivity index (χ1) is 8.23. The molecule has 1 aliphatic carbocycles. The molecule has 0 bridgehead atoms. The number of thiophene rings is 1. The predicted molar refractivity (Wildman–Crippen MR) is 76.6 cm³/mol. The van der Waals surface area contributed by atoms with E-state index in [2.05, 4.69) is 39.6 Å². The van der Waals surface area contributed by atoms with Gasteiger partial charge in [0.1, 0.15) is 0 Å². The third kappa shape index (κ3) is 2.60. The van der Waals surface area contributed by atoms with Gasteiger partial charge in [-0.2, -0.15) is 0 Å². The third-order valence-electron chi connectivity index (χ3n) is 3.60. The first-order valence-electron chi connectivity index (χ1n) is 6.27. The van der Waals surface area contributed by atoms with Crippen LogP contribution in [0.15, 0.2) is 15.9 Å². The molecule has 1 saturated carbocycles. The molecule has 0 amide bonds. The lowest BCUT2D eigenvalue weighted by molar-refractivity contribution is -0.0603. The second-order valence-electron chi connectivity index (χ2n) is 4.56. The SMILES string of the molecule is CCOC1(C(NC)c2sccc2Br)CCCC1. The molecule has 2 rings (SSSR count). The average Bonchev–Trinajstić information content (AvgIpc) is 2.92. The number of ether oxygens (including phenoxy) is 1. The summed E-state index contributed by atoms with van der Waals surface area (Å²) in [6.45, 7) is 2.89. The third-order valence-corrected chi connectivity index (χ3v) is 5.54. The summed E-state index contributed by atoms with van der Waals surface area (Å²) in [6, 6.07) is 2.43. The molecule has 1 unspecified atom stereocenters. The van der Waals surface area contributed by atoms with Crippen molar-refractivity contribution in [2.45, 2.75) is 44.2 Å². The Morgan fingerprint density at radius 1 is 1.53 bits per heavy atom. The Labute approximate surface area is 116 Å². The van der Waals surface area contributed by atoms with Gasteiger partial charge < -0.3 is 10.1 Å². The minimum Gasteiger partial charge on any atom is -0.373 e. The molecule has 0 radical (unpaired) electrons. The molecule has 1 aliphatic rings. The highest BCUT2D eigenvalue weighted by Gasteiger charge is 2.43. The second kappa shape index (κ2) is 5.83. The van der Waals surface area contributed by atoms with E-state index in [1.165, 1.54) is 22.2 Å². The molecule has 0 spiro atoms. The standard InChI is InChI=1S/C13H20BrNOS/c1-3-16-13(7-4-5-8-13)12(15-2)11-10(14)6-9-17-11/h6,9,12,15H,3-5,7-8H2,1-2H3. The molecule has 2 nitrogen and oxygen atoms in total. The number of rotatable bonds is 5. The molecule has 1 aromatic rings. The molecule has 1 fully saturated rings. The molecule has 0 saturated heterocycles. The van der Waals surface area contributed by atoms with Gasteiger partial charge in [-0.3, -0.25) is 0 Å². The van der Waals surface area contributed by atoms with Crippen LogP contribution in [0.2, 0.25) is 0 Å². The Morgan fingerprint density at radius 2 is 2.24 bits per heavy atom. The fourth-order valence-electron chi connectivity index (χ4n) is 2.92. The molecule has 96 valence electrons. The topological polar surface area (TPSA) is 21.3 Å². The van der Waals surface area contributed by atoms with Crippen molar-refractivity contribution in [1.82, 2.24) is 5.32 Å². The van der Waals surface area contributed by atoms with Crippen molar-refractivity contribution >= 4 is 27.3 Å². The lowest BCUT2D eigenvalue weighted by Gasteiger charge is -2.37. The Morgan fingerprint density at radius 3 is 2.71 bits per heavy atom. The summed E-state index contributed by atoms with van der Waals surface area (Å²) >= 11 is 5.45. The van der Waals surface area contributed by atoms with Crippen LogP contribution in [0, 0.1) is 0 Å². The van der Waals surface area contributed by atoms with Gasteiger partial charge in [-0.25, -0.2) is 0 Å². The van der Waals surface area contributed by atoms with Crippen LogP contribution in [0.1, 0.15) is 43.5 Å². The molecule has 1 heterocycles. The first kappa shape index (κ1) is 13.5. The Bertz CT molecular complexity index is 360. The summed E-state index contributed by atoms with van der Waals surface area (Å²) in [7, 11) is 2.04. The number of likely N-dealkylation sites (N-methyl/N-ethyl adjacent to an activating group) is 1. The van der Waals surface area contributed by atoms with Crippen LogP contribution >= 0.6 is 27.3 Å². The van der Waals surface area contributed by atoms with Crippen molar-refractivity contribution in [2.75, 3.05) is 13.7 Å². The molecule has 17 heavy (non-hydrogen) atoms. The smallest absolute Gasteiger partial charge is 0.0884 e. The van der Waals surface area contributed by atoms with Crippen LogP contribution in [0.4, 0.5) is 0 Å². The van der Waals surface area contributed by atoms with Gasteiger partial charge in [0, 0.05) is 16.0 Å². The number of halogens is 1. The van der Waals surface area contributed by atoms with Gasteiger partial charge in [-0.1, -0.05) is 12.8 Å². The monoisotopic (exact) mass is 317 g/mol. The highest BCUT2D eigenvalue weighted by atomic mass is 79.9. The highest BCUT2D eigenvalue weighted by molar-refractivity contribution is 9.10. The zero-order chi connectivity index (χ0) is 12.3. The van der Waals surface area contributed by atoms with E-state index in [4.69, 9.17) is 4.74 Å². The lowest BCUT2D eigenvalue weighted by Crippen LogP contribution is -2.42. The highest BCUT2D eigenvalue weighted by Crippen LogP contribution is 2.45. The van der Waals surface area contributed by atoms with Crippen LogP contribution in [0.3, 0.4) is 0 Å². The van der Waals surface area contributed by atoms with Crippen molar-refractivity contribution in [3.63, 3.8) is 0 Å². The van der Waals surface area contributed by atoms with Gasteiger partial charge >= 0.3 is 0 Å². The zero-order valence-corrected chi connectivity index (χ0v) is 12.9. The quantitative estimate of drug-likeness (QED) is 0.882. The van der Waals surface area contributed by atoms with E-state index >= 15 is 0 Å². The molecule has 1 N–H and O–H groups in total. The van der Waals surface area contributed by atoms with E-state index in [9.17, 15) is 0 Å². The van der Waals surface area contributed by atoms with Gasteiger partial charge in [0.2, 0.25) is 0 Å². The average molecular weight is 318 g/mol. The van der Waals surface area contributed by atoms with E-state index in [1.54, 1.807) is 11.3 Å². The van der Waals surface area contributed by atoms with Gasteiger partial charge in [0.15, 0.2) is 0 Å². The van der Waals surface area contributed by atoms with Crippen LogP contribution < -0.4 is 5.32 Å². The summed E-state index contributed by atoms with van der Waals surface area (Å²) in [5, 5.41) is 5.61. The molecule has 4 heteroatoms. The maximum absolute atomic E-state index is 6.15. The second-order valence-corrected chi connectivity index (χ2v) is 6.36.